The lowest BCUT2D eigenvalue weighted by Crippen LogP contribution is -2.49. The molecule has 5 heteroatoms. The van der Waals surface area contributed by atoms with Crippen molar-refractivity contribution in [3.8, 4) is 0 Å². The maximum atomic E-state index is 11.8. The van der Waals surface area contributed by atoms with Crippen LogP contribution >= 0.6 is 11.8 Å². The molecule has 0 unspecified atom stereocenters. The molecule has 1 aliphatic rings. The van der Waals surface area contributed by atoms with Crippen molar-refractivity contribution in [2.75, 3.05) is 13.7 Å². The van der Waals surface area contributed by atoms with Crippen LogP contribution in [0.3, 0.4) is 0 Å². The van der Waals surface area contributed by atoms with Gasteiger partial charge in [-0.15, -0.1) is 0 Å². The topological polar surface area (TPSA) is 46.6 Å². The Kier molecular flexibility index (Phi) is 5.88. The van der Waals surface area contributed by atoms with E-state index in [1.807, 2.05) is 24.0 Å². The number of thioether (sulfide) groups is 1. The van der Waals surface area contributed by atoms with Crippen molar-refractivity contribution < 1.29 is 14.3 Å². The standard InChI is InChI=1S/C13H21NO3S/c1-5-8-14(9(2)15)13-11(17-4)6-7-12(13)18-10(3)16/h6-7,11-13H,5,8H2,1-4H3/t11-,12+,13+/m1/s1. The van der Waals surface area contributed by atoms with Crippen molar-refractivity contribution in [3.63, 3.8) is 0 Å². The lowest BCUT2D eigenvalue weighted by atomic mass is 10.1. The van der Waals surface area contributed by atoms with Gasteiger partial charge >= 0.3 is 0 Å². The molecule has 0 aromatic rings. The molecule has 18 heavy (non-hydrogen) atoms. The number of hydrogen-bond acceptors (Lipinski definition) is 4. The van der Waals surface area contributed by atoms with E-state index in [9.17, 15) is 9.59 Å². The first-order chi connectivity index (χ1) is 8.51. The number of carbonyl (C=O) groups is 2. The molecule has 0 spiro atoms. The highest BCUT2D eigenvalue weighted by molar-refractivity contribution is 8.14. The minimum atomic E-state index is -0.128. The van der Waals surface area contributed by atoms with Crippen molar-refractivity contribution in [2.45, 2.75) is 44.6 Å². The van der Waals surface area contributed by atoms with Crippen molar-refractivity contribution >= 4 is 22.8 Å². The summed E-state index contributed by atoms with van der Waals surface area (Å²) < 4.78 is 5.41. The van der Waals surface area contributed by atoms with Crippen molar-refractivity contribution in [1.29, 1.82) is 0 Å². The van der Waals surface area contributed by atoms with Crippen LogP contribution in [0.25, 0.3) is 0 Å². The summed E-state index contributed by atoms with van der Waals surface area (Å²) in [4.78, 5) is 24.9. The van der Waals surface area contributed by atoms with Gasteiger partial charge in [-0.2, -0.15) is 0 Å². The molecule has 0 fully saturated rings. The molecular weight excluding hydrogens is 250 g/mol. The van der Waals surface area contributed by atoms with Gasteiger partial charge in [0, 0.05) is 27.5 Å². The summed E-state index contributed by atoms with van der Waals surface area (Å²) in [5.74, 6) is 0.0294. The predicted octanol–water partition coefficient (Wildman–Crippen LogP) is 1.85. The third kappa shape index (κ3) is 3.59. The van der Waals surface area contributed by atoms with Gasteiger partial charge in [-0.05, 0) is 6.42 Å². The number of nitrogens with zero attached hydrogens (tertiary/aromatic N) is 1. The van der Waals surface area contributed by atoms with Crippen LogP contribution in [0.2, 0.25) is 0 Å². The lowest BCUT2D eigenvalue weighted by molar-refractivity contribution is -0.133. The summed E-state index contributed by atoms with van der Waals surface area (Å²) in [5, 5.41) is 0.0503. The van der Waals surface area contributed by atoms with Gasteiger partial charge in [0.05, 0.1) is 17.4 Å². The highest BCUT2D eigenvalue weighted by atomic mass is 32.2. The Hall–Kier alpha value is -0.810. The summed E-state index contributed by atoms with van der Waals surface area (Å²) in [6, 6.07) is -0.0821. The molecule has 1 aliphatic carbocycles. The zero-order chi connectivity index (χ0) is 13.7. The molecule has 0 saturated heterocycles. The lowest BCUT2D eigenvalue weighted by Gasteiger charge is -2.34. The van der Waals surface area contributed by atoms with Gasteiger partial charge in [-0.25, -0.2) is 0 Å². The van der Waals surface area contributed by atoms with Crippen molar-refractivity contribution in [3.05, 3.63) is 12.2 Å². The summed E-state index contributed by atoms with van der Waals surface area (Å²) >= 11 is 1.26. The van der Waals surface area contributed by atoms with Crippen LogP contribution in [0.4, 0.5) is 0 Å². The molecule has 0 radical (unpaired) electrons. The maximum absolute atomic E-state index is 11.8. The Balaban J connectivity index is 2.89. The predicted molar refractivity (Wildman–Crippen MR) is 73.5 cm³/mol. The Labute approximate surface area is 113 Å². The highest BCUT2D eigenvalue weighted by Gasteiger charge is 2.38. The Bertz CT molecular complexity index is 343. The van der Waals surface area contributed by atoms with E-state index in [4.69, 9.17) is 4.74 Å². The molecular formula is C13H21NO3S. The van der Waals surface area contributed by atoms with E-state index in [1.54, 1.807) is 21.0 Å². The van der Waals surface area contributed by atoms with Gasteiger partial charge in [0.2, 0.25) is 5.91 Å². The van der Waals surface area contributed by atoms with Crippen LogP contribution < -0.4 is 0 Å². The monoisotopic (exact) mass is 271 g/mol. The molecule has 0 N–H and O–H groups in total. The van der Waals surface area contributed by atoms with Crippen molar-refractivity contribution in [2.24, 2.45) is 0 Å². The summed E-state index contributed by atoms with van der Waals surface area (Å²) in [6.07, 6.45) is 4.68. The molecule has 0 aromatic heterocycles. The van der Waals surface area contributed by atoms with E-state index in [2.05, 4.69) is 0 Å². The summed E-state index contributed by atoms with van der Waals surface area (Å²) in [6.45, 7) is 5.84. The van der Waals surface area contributed by atoms with E-state index < -0.39 is 0 Å². The fraction of sp³-hybridized carbons (Fsp3) is 0.692. The number of carbonyl (C=O) groups excluding carboxylic acids is 2. The highest BCUT2D eigenvalue weighted by Crippen LogP contribution is 2.30. The molecule has 3 atom stereocenters. The Morgan fingerprint density at radius 2 is 2.00 bits per heavy atom. The molecule has 0 aromatic carbocycles. The number of hydrogen-bond donors (Lipinski definition) is 0. The normalized spacial score (nSPS) is 26.3. The zero-order valence-electron chi connectivity index (χ0n) is 11.4. The molecule has 0 aliphatic heterocycles. The quantitative estimate of drug-likeness (QED) is 0.716. The van der Waals surface area contributed by atoms with Crippen LogP contribution in [-0.4, -0.2) is 47.0 Å². The van der Waals surface area contributed by atoms with Crippen molar-refractivity contribution in [1.82, 2.24) is 4.90 Å². The van der Waals surface area contributed by atoms with E-state index >= 15 is 0 Å². The third-order valence-electron chi connectivity index (χ3n) is 2.97. The van der Waals surface area contributed by atoms with Gasteiger partial charge < -0.3 is 9.64 Å². The van der Waals surface area contributed by atoms with E-state index in [-0.39, 0.29) is 28.4 Å². The second-order valence-electron chi connectivity index (χ2n) is 4.36. The number of methoxy groups -OCH3 is 1. The van der Waals surface area contributed by atoms with E-state index in [0.29, 0.717) is 6.54 Å². The van der Waals surface area contributed by atoms with Gasteiger partial charge in [-0.1, -0.05) is 30.8 Å². The second kappa shape index (κ2) is 6.95. The van der Waals surface area contributed by atoms with Gasteiger partial charge in [0.25, 0.3) is 0 Å². The molecule has 4 nitrogen and oxygen atoms in total. The minimum absolute atomic E-state index is 0.0112. The van der Waals surface area contributed by atoms with Crippen LogP contribution in [-0.2, 0) is 14.3 Å². The van der Waals surface area contributed by atoms with Gasteiger partial charge in [-0.3, -0.25) is 9.59 Å². The number of amides is 1. The number of rotatable bonds is 5. The summed E-state index contributed by atoms with van der Waals surface area (Å²) in [7, 11) is 1.63. The van der Waals surface area contributed by atoms with Gasteiger partial charge in [0.15, 0.2) is 5.12 Å². The van der Waals surface area contributed by atoms with E-state index in [0.717, 1.165) is 6.42 Å². The second-order valence-corrected chi connectivity index (χ2v) is 5.72. The molecule has 1 rings (SSSR count). The maximum Gasteiger partial charge on any atom is 0.219 e. The SMILES string of the molecule is CCCN(C(C)=O)[C@@H]1[C@@H](SC(C)=O)C=C[C@H]1OC. The largest absolute Gasteiger partial charge is 0.375 e. The fourth-order valence-electron chi connectivity index (χ4n) is 2.26. The van der Waals surface area contributed by atoms with Crippen LogP contribution in [0.5, 0.6) is 0 Å². The molecule has 1 amide bonds. The van der Waals surface area contributed by atoms with Crippen LogP contribution in [0, 0.1) is 0 Å². The average molecular weight is 271 g/mol. The molecule has 0 bridgehead atoms. The van der Waals surface area contributed by atoms with Crippen LogP contribution in [0.1, 0.15) is 27.2 Å². The van der Waals surface area contributed by atoms with Gasteiger partial charge in [0.1, 0.15) is 0 Å². The first-order valence-electron chi connectivity index (χ1n) is 6.16. The molecule has 0 heterocycles. The summed E-state index contributed by atoms with van der Waals surface area (Å²) in [5.41, 5.74) is 0. The fourth-order valence-corrected chi connectivity index (χ4v) is 3.26. The minimum Gasteiger partial charge on any atom is -0.375 e. The molecule has 0 saturated carbocycles. The third-order valence-corrected chi connectivity index (χ3v) is 4.01. The smallest absolute Gasteiger partial charge is 0.219 e. The Morgan fingerprint density at radius 3 is 2.44 bits per heavy atom. The zero-order valence-corrected chi connectivity index (χ0v) is 12.2. The van der Waals surface area contributed by atoms with Crippen LogP contribution in [0.15, 0.2) is 12.2 Å². The Morgan fingerprint density at radius 1 is 1.33 bits per heavy atom. The molecule has 102 valence electrons. The average Bonchev–Trinajstić information content (AvgIpc) is 2.67. The first-order valence-corrected chi connectivity index (χ1v) is 7.04. The number of ether oxygens (including phenoxy) is 1. The van der Waals surface area contributed by atoms with E-state index in [1.165, 1.54) is 11.8 Å². The first kappa shape index (κ1) is 15.2.